The number of aromatic amines is 2. The molecule has 8 bridgehead atoms. The molecule has 5 aromatic carbocycles. The predicted octanol–water partition coefficient (Wildman–Crippen LogP) is 19.0. The Bertz CT molecular complexity index is 4240. The van der Waals surface area contributed by atoms with Gasteiger partial charge >= 0.3 is 0 Å². The zero-order chi connectivity index (χ0) is 54.6. The van der Waals surface area contributed by atoms with Crippen molar-refractivity contribution in [2.45, 2.75) is 112 Å². The highest BCUT2D eigenvalue weighted by atomic mass is 14.9. The third-order valence-corrected chi connectivity index (χ3v) is 16.0. The molecule has 6 heteroatoms. The van der Waals surface area contributed by atoms with Gasteiger partial charge in [0.15, 0.2) is 0 Å². The van der Waals surface area contributed by atoms with Crippen molar-refractivity contribution < 1.29 is 0 Å². The van der Waals surface area contributed by atoms with E-state index in [4.69, 9.17) is 15.0 Å². The number of aromatic nitrogens is 6. The number of nitrogens with zero attached hydrogens (tertiary/aromatic N) is 4. The Labute approximate surface area is 459 Å². The molecule has 6 nitrogen and oxygen atoms in total. The van der Waals surface area contributed by atoms with Crippen molar-refractivity contribution in [1.82, 2.24) is 29.3 Å². The second kappa shape index (κ2) is 18.4. The van der Waals surface area contributed by atoms with Crippen LogP contribution >= 0.6 is 0 Å². The fraction of sp³-hybridized carbons (Fsp3) is 0.236. The van der Waals surface area contributed by atoms with Gasteiger partial charge < -0.3 is 14.4 Å². The molecule has 0 fully saturated rings. The van der Waals surface area contributed by atoms with Crippen LogP contribution in [0.2, 0.25) is 0 Å². The largest absolute Gasteiger partial charge is 0.354 e. The zero-order valence-corrected chi connectivity index (χ0v) is 47.5. The smallest absolute Gasteiger partial charge is 0.0952 e. The van der Waals surface area contributed by atoms with Gasteiger partial charge in [-0.2, -0.15) is 0 Å². The van der Waals surface area contributed by atoms with Crippen LogP contribution in [0.4, 0.5) is 0 Å². The molecular weight excluding hydrogens is 949 g/mol. The van der Waals surface area contributed by atoms with E-state index in [9.17, 15) is 0 Å². The summed E-state index contributed by atoms with van der Waals surface area (Å²) >= 11 is 0. The summed E-state index contributed by atoms with van der Waals surface area (Å²) < 4.78 is 2.24. The lowest BCUT2D eigenvalue weighted by atomic mass is 9.85. The molecule has 12 rings (SSSR count). The first kappa shape index (κ1) is 50.5. The van der Waals surface area contributed by atoms with E-state index in [1.165, 1.54) is 22.3 Å². The topological polar surface area (TPSA) is 74.7 Å². The molecule has 0 amide bonds. The van der Waals surface area contributed by atoms with E-state index in [1.54, 1.807) is 0 Å². The summed E-state index contributed by atoms with van der Waals surface area (Å²) in [5, 5.41) is 0. The first-order valence-electron chi connectivity index (χ1n) is 27.6. The SMILES string of the molecule is Cc1ccc2c(ncc3cccn32)c1C1=Cc2nc1c(-c1ccc(C(C)(C)C)cc1)c1ccc([nH]1)c(-c1ccc(C(C)(C)C)cc1)c1nc(c(-c3ccc(C(C)(C)C)cc3)c3ccc([nH]3)c2-c2ccc(C(C)(C)C)cc2)C=C1. The van der Waals surface area contributed by atoms with E-state index < -0.39 is 0 Å². The highest BCUT2D eigenvalue weighted by Gasteiger charge is 2.28. The fourth-order valence-electron chi connectivity index (χ4n) is 11.4. The summed E-state index contributed by atoms with van der Waals surface area (Å²) in [6.07, 6.45) is 10.8. The molecule has 388 valence electrons. The van der Waals surface area contributed by atoms with Crippen LogP contribution in [0, 0.1) is 6.92 Å². The number of aryl methyl sites for hydroxylation is 1. The molecule has 0 aliphatic carbocycles. The summed E-state index contributed by atoms with van der Waals surface area (Å²) in [6, 6.07) is 53.9. The van der Waals surface area contributed by atoms with Crippen molar-refractivity contribution in [2.24, 2.45) is 0 Å². The van der Waals surface area contributed by atoms with Crippen molar-refractivity contribution in [1.29, 1.82) is 0 Å². The van der Waals surface area contributed by atoms with Crippen molar-refractivity contribution in [3.63, 3.8) is 0 Å². The molecular formula is C72H70N6. The van der Waals surface area contributed by atoms with Gasteiger partial charge in [-0.05, 0) is 139 Å². The zero-order valence-electron chi connectivity index (χ0n) is 47.5. The van der Waals surface area contributed by atoms with Gasteiger partial charge in [0.25, 0.3) is 0 Å². The van der Waals surface area contributed by atoms with Crippen LogP contribution in [0.3, 0.4) is 0 Å². The molecule has 78 heavy (non-hydrogen) atoms. The molecule has 0 unspecified atom stereocenters. The second-order valence-corrected chi connectivity index (χ2v) is 25.7. The summed E-state index contributed by atoms with van der Waals surface area (Å²) in [7, 11) is 0. The average molecular weight is 1020 g/mol. The number of hydrogen-bond donors (Lipinski definition) is 2. The van der Waals surface area contributed by atoms with Crippen molar-refractivity contribution in [2.75, 3.05) is 0 Å². The molecule has 0 saturated heterocycles. The normalized spacial score (nSPS) is 13.2. The second-order valence-electron chi connectivity index (χ2n) is 25.7. The number of rotatable bonds is 5. The standard InChI is InChI=1S/C72H70N6/c1-43-16-39-61-68(73-42-52-15-14-40-78(52)61)62(43)53-41-60-65(46-21-29-50(30-22-46)71(8,9)10)58-36-35-56(75-58)63(44-17-25-48(26-18-44)69(2,3)4)54-33-34-55(74-54)64(45-19-27-49(28-20-45)70(5,6)7)57-37-38-59(76-57)66(67(53)77-60)47-23-31-51(32-24-47)72(11,12)13/h14-42,75-76H,1-13H3. The van der Waals surface area contributed by atoms with Crippen LogP contribution in [0.25, 0.3) is 107 Å². The van der Waals surface area contributed by atoms with E-state index in [1.807, 2.05) is 6.20 Å². The van der Waals surface area contributed by atoms with E-state index in [0.29, 0.717) is 0 Å². The van der Waals surface area contributed by atoms with Crippen molar-refractivity contribution >= 4 is 62.4 Å². The molecule has 0 spiro atoms. The summed E-state index contributed by atoms with van der Waals surface area (Å²) in [5.41, 5.74) is 26.8. The monoisotopic (exact) mass is 1020 g/mol. The Hall–Kier alpha value is -8.35. The number of benzene rings is 5. The van der Waals surface area contributed by atoms with Gasteiger partial charge in [-0.1, -0.05) is 186 Å². The predicted molar refractivity (Wildman–Crippen MR) is 331 cm³/mol. The Kier molecular flexibility index (Phi) is 11.9. The van der Waals surface area contributed by atoms with E-state index in [0.717, 1.165) is 123 Å². The number of nitrogens with one attached hydrogen (secondary N) is 2. The Morgan fingerprint density at radius 3 is 1.22 bits per heavy atom. The molecule has 2 aliphatic rings. The average Bonchev–Trinajstić information content (AvgIpc) is 4.42. The molecule has 0 saturated carbocycles. The van der Waals surface area contributed by atoms with Crippen LogP contribution in [-0.4, -0.2) is 29.3 Å². The lowest BCUT2D eigenvalue weighted by Gasteiger charge is -2.19. The quantitative estimate of drug-likeness (QED) is 0.180. The third-order valence-electron chi connectivity index (χ3n) is 16.0. The van der Waals surface area contributed by atoms with Gasteiger partial charge in [-0.25, -0.2) is 9.97 Å². The molecule has 2 aliphatic heterocycles. The van der Waals surface area contributed by atoms with Crippen molar-refractivity contribution in [3.05, 3.63) is 214 Å². The lowest BCUT2D eigenvalue weighted by molar-refractivity contribution is 0.590. The highest BCUT2D eigenvalue weighted by Crippen LogP contribution is 2.45. The molecule has 5 aromatic heterocycles. The van der Waals surface area contributed by atoms with Gasteiger partial charge in [-0.15, -0.1) is 0 Å². The maximum absolute atomic E-state index is 6.00. The Balaban J connectivity index is 1.28. The maximum atomic E-state index is 6.00. The summed E-state index contributed by atoms with van der Waals surface area (Å²) in [5.74, 6) is 0. The van der Waals surface area contributed by atoms with Gasteiger partial charge in [0.2, 0.25) is 0 Å². The van der Waals surface area contributed by atoms with E-state index in [-0.39, 0.29) is 21.7 Å². The van der Waals surface area contributed by atoms with Crippen LogP contribution in [-0.2, 0) is 21.7 Å². The van der Waals surface area contributed by atoms with Gasteiger partial charge in [0, 0.05) is 61.7 Å². The molecule has 0 radical (unpaired) electrons. The van der Waals surface area contributed by atoms with Crippen LogP contribution in [0.1, 0.15) is 139 Å². The van der Waals surface area contributed by atoms with E-state index >= 15 is 0 Å². The number of H-pyrrole nitrogens is 2. The van der Waals surface area contributed by atoms with E-state index in [2.05, 4.69) is 274 Å². The maximum Gasteiger partial charge on any atom is 0.0952 e. The van der Waals surface area contributed by atoms with Crippen LogP contribution in [0.15, 0.2) is 158 Å². The highest BCUT2D eigenvalue weighted by molar-refractivity contribution is 6.09. The van der Waals surface area contributed by atoms with Gasteiger partial charge in [-0.3, -0.25) is 4.98 Å². The Morgan fingerprint density at radius 1 is 0.397 bits per heavy atom. The summed E-state index contributed by atoms with van der Waals surface area (Å²) in [6.45, 7) is 29.4. The minimum atomic E-state index is -0.0397. The first-order chi connectivity index (χ1) is 37.1. The minimum Gasteiger partial charge on any atom is -0.354 e. The summed E-state index contributed by atoms with van der Waals surface area (Å²) in [4.78, 5) is 25.0. The third kappa shape index (κ3) is 9.01. The fourth-order valence-corrected chi connectivity index (χ4v) is 11.4. The molecule has 10 aromatic rings. The number of fused-ring (bicyclic) bond motifs is 11. The first-order valence-corrected chi connectivity index (χ1v) is 27.6. The molecule has 2 N–H and O–H groups in total. The molecule has 0 atom stereocenters. The van der Waals surface area contributed by atoms with Crippen LogP contribution < -0.4 is 0 Å². The number of hydrogen-bond acceptors (Lipinski definition) is 3. The minimum absolute atomic E-state index is 0.00469. The van der Waals surface area contributed by atoms with Crippen LogP contribution in [0.5, 0.6) is 0 Å². The Morgan fingerprint density at radius 2 is 0.795 bits per heavy atom. The van der Waals surface area contributed by atoms with Gasteiger partial charge in [0.05, 0.1) is 45.5 Å². The lowest BCUT2D eigenvalue weighted by Crippen LogP contribution is -2.10. The molecule has 7 heterocycles. The van der Waals surface area contributed by atoms with Crippen molar-refractivity contribution in [3.8, 4) is 44.5 Å². The van der Waals surface area contributed by atoms with Gasteiger partial charge in [0.1, 0.15) is 0 Å².